The van der Waals surface area contributed by atoms with Gasteiger partial charge in [-0.3, -0.25) is 0 Å². The molecular formula is C49H31N3O2. The lowest BCUT2D eigenvalue weighted by molar-refractivity contribution is 0.619. The number of para-hydroxylation sites is 3. The Morgan fingerprint density at radius 3 is 1.85 bits per heavy atom. The smallest absolute Gasteiger partial charge is 0.227 e. The largest absolute Gasteiger partial charge is 0.456 e. The van der Waals surface area contributed by atoms with E-state index in [0.29, 0.717) is 5.89 Å². The van der Waals surface area contributed by atoms with Crippen LogP contribution in [0.3, 0.4) is 0 Å². The molecule has 0 atom stereocenters. The summed E-state index contributed by atoms with van der Waals surface area (Å²) in [6, 6.07) is 65.8. The van der Waals surface area contributed by atoms with Crippen molar-refractivity contribution in [3.8, 4) is 28.3 Å². The molecule has 0 aliphatic rings. The maximum Gasteiger partial charge on any atom is 0.227 e. The molecule has 0 saturated heterocycles. The summed E-state index contributed by atoms with van der Waals surface area (Å²) in [5, 5.41) is 4.41. The van der Waals surface area contributed by atoms with Crippen LogP contribution in [0.15, 0.2) is 197 Å². The Morgan fingerprint density at radius 1 is 0.407 bits per heavy atom. The molecule has 8 aromatic carbocycles. The quantitative estimate of drug-likeness (QED) is 0.174. The standard InChI is InChI=1S/C49H31N3O2/c1-4-12-33(13-5-1)49-50-48-46(54-49)29-28-45-47(48)41-30-34(22-27-44(41)53-45)32-20-23-37(24-21-32)51(35-14-6-2-7-15-35)38-25-26-43-40(31-38)39-18-10-11-19-42(39)52(43)36-16-8-3-9-17-36/h1-31H. The minimum atomic E-state index is 0.600. The van der Waals surface area contributed by atoms with Crippen LogP contribution in [0.25, 0.3) is 83.1 Å². The van der Waals surface area contributed by atoms with E-state index in [4.69, 9.17) is 13.8 Å². The van der Waals surface area contributed by atoms with Crippen LogP contribution in [0.4, 0.5) is 17.1 Å². The molecule has 3 aromatic heterocycles. The fourth-order valence-corrected chi connectivity index (χ4v) is 7.92. The molecule has 0 unspecified atom stereocenters. The monoisotopic (exact) mass is 693 g/mol. The Labute approximate surface area is 310 Å². The van der Waals surface area contributed by atoms with Crippen LogP contribution in [0.1, 0.15) is 0 Å². The van der Waals surface area contributed by atoms with Crippen LogP contribution in [-0.2, 0) is 0 Å². The molecule has 0 aliphatic carbocycles. The molecule has 254 valence electrons. The van der Waals surface area contributed by atoms with Crippen molar-refractivity contribution in [2.75, 3.05) is 4.90 Å². The molecule has 5 nitrogen and oxygen atoms in total. The second kappa shape index (κ2) is 12.1. The van der Waals surface area contributed by atoms with E-state index < -0.39 is 0 Å². The summed E-state index contributed by atoms with van der Waals surface area (Å²) in [7, 11) is 0. The van der Waals surface area contributed by atoms with E-state index >= 15 is 0 Å². The first-order valence-corrected chi connectivity index (χ1v) is 18.1. The minimum Gasteiger partial charge on any atom is -0.456 e. The van der Waals surface area contributed by atoms with Crippen LogP contribution in [0.2, 0.25) is 0 Å². The number of rotatable bonds is 6. The number of anilines is 3. The first-order chi connectivity index (χ1) is 26.8. The molecule has 11 rings (SSSR count). The fraction of sp³-hybridized carbons (Fsp3) is 0. The van der Waals surface area contributed by atoms with E-state index in [1.54, 1.807) is 0 Å². The average molecular weight is 694 g/mol. The van der Waals surface area contributed by atoms with Gasteiger partial charge in [0.1, 0.15) is 16.7 Å². The van der Waals surface area contributed by atoms with Gasteiger partial charge in [-0.1, -0.05) is 91.0 Å². The van der Waals surface area contributed by atoms with Crippen molar-refractivity contribution in [1.82, 2.24) is 9.55 Å². The number of hydrogen-bond acceptors (Lipinski definition) is 4. The molecule has 0 N–H and O–H groups in total. The third-order valence-electron chi connectivity index (χ3n) is 10.4. The fourth-order valence-electron chi connectivity index (χ4n) is 7.92. The number of furan rings is 1. The molecule has 0 saturated carbocycles. The van der Waals surface area contributed by atoms with Crippen molar-refractivity contribution >= 4 is 71.9 Å². The summed E-state index contributed by atoms with van der Waals surface area (Å²) in [5.74, 6) is 0.600. The van der Waals surface area contributed by atoms with Gasteiger partial charge in [-0.2, -0.15) is 0 Å². The van der Waals surface area contributed by atoms with E-state index in [1.165, 1.54) is 21.8 Å². The number of nitrogens with zero attached hydrogens (tertiary/aromatic N) is 3. The number of hydrogen-bond donors (Lipinski definition) is 0. The summed E-state index contributed by atoms with van der Waals surface area (Å²) in [6.07, 6.45) is 0. The average Bonchev–Trinajstić information content (AvgIpc) is 3.94. The van der Waals surface area contributed by atoms with Gasteiger partial charge in [-0.15, -0.1) is 0 Å². The van der Waals surface area contributed by atoms with E-state index in [1.807, 2.05) is 42.5 Å². The van der Waals surface area contributed by atoms with E-state index in [0.717, 1.165) is 72.5 Å². The van der Waals surface area contributed by atoms with Gasteiger partial charge in [0.25, 0.3) is 0 Å². The topological polar surface area (TPSA) is 47.3 Å². The van der Waals surface area contributed by atoms with Crippen LogP contribution in [0.5, 0.6) is 0 Å². The summed E-state index contributed by atoms with van der Waals surface area (Å²) in [6.45, 7) is 0. The summed E-state index contributed by atoms with van der Waals surface area (Å²) in [5.41, 5.74) is 13.1. The predicted molar refractivity (Wildman–Crippen MR) is 221 cm³/mol. The first kappa shape index (κ1) is 30.3. The molecule has 0 radical (unpaired) electrons. The van der Waals surface area contributed by atoms with Crippen molar-refractivity contribution in [1.29, 1.82) is 0 Å². The highest BCUT2D eigenvalue weighted by atomic mass is 16.4. The summed E-state index contributed by atoms with van der Waals surface area (Å²) >= 11 is 0. The lowest BCUT2D eigenvalue weighted by Crippen LogP contribution is -2.09. The molecule has 0 amide bonds. The molecule has 5 heteroatoms. The van der Waals surface area contributed by atoms with Gasteiger partial charge < -0.3 is 18.3 Å². The van der Waals surface area contributed by atoms with Crippen LogP contribution >= 0.6 is 0 Å². The lowest BCUT2D eigenvalue weighted by atomic mass is 10.0. The van der Waals surface area contributed by atoms with Crippen LogP contribution in [-0.4, -0.2) is 9.55 Å². The lowest BCUT2D eigenvalue weighted by Gasteiger charge is -2.26. The Hall–Kier alpha value is -7.37. The van der Waals surface area contributed by atoms with E-state index in [9.17, 15) is 0 Å². The second-order valence-corrected chi connectivity index (χ2v) is 13.6. The van der Waals surface area contributed by atoms with Crippen molar-refractivity contribution in [3.05, 3.63) is 188 Å². The Bertz CT molecular complexity index is 3140. The van der Waals surface area contributed by atoms with Gasteiger partial charge in [-0.25, -0.2) is 4.98 Å². The van der Waals surface area contributed by atoms with Crippen molar-refractivity contribution in [2.24, 2.45) is 0 Å². The maximum absolute atomic E-state index is 6.31. The third-order valence-corrected chi connectivity index (χ3v) is 10.4. The molecule has 0 spiro atoms. The van der Waals surface area contributed by atoms with Gasteiger partial charge in [0, 0.05) is 44.5 Å². The predicted octanol–water partition coefficient (Wildman–Crippen LogP) is 13.6. The molecule has 0 aliphatic heterocycles. The van der Waals surface area contributed by atoms with Gasteiger partial charge >= 0.3 is 0 Å². The minimum absolute atomic E-state index is 0.600. The Morgan fingerprint density at radius 2 is 1.04 bits per heavy atom. The molecule has 11 aromatic rings. The maximum atomic E-state index is 6.31. The number of aromatic nitrogens is 2. The second-order valence-electron chi connectivity index (χ2n) is 13.6. The van der Waals surface area contributed by atoms with Crippen LogP contribution in [0, 0.1) is 0 Å². The van der Waals surface area contributed by atoms with Crippen LogP contribution < -0.4 is 4.90 Å². The highest BCUT2D eigenvalue weighted by molar-refractivity contribution is 6.17. The highest BCUT2D eigenvalue weighted by Gasteiger charge is 2.19. The molecule has 3 heterocycles. The summed E-state index contributed by atoms with van der Waals surface area (Å²) in [4.78, 5) is 7.27. The first-order valence-electron chi connectivity index (χ1n) is 18.1. The van der Waals surface area contributed by atoms with E-state index in [-0.39, 0.29) is 0 Å². The molecular weight excluding hydrogens is 663 g/mol. The zero-order chi connectivity index (χ0) is 35.6. The SMILES string of the molecule is c1ccc(-c2nc3c(ccc4oc5ccc(-c6ccc(N(c7ccccc7)c7ccc8c(c7)c7ccccc7n8-c7ccccc7)cc6)cc5c43)o2)cc1. The molecule has 0 bridgehead atoms. The van der Waals surface area contributed by atoms with Gasteiger partial charge in [0.15, 0.2) is 5.58 Å². The molecule has 54 heavy (non-hydrogen) atoms. The number of fused-ring (bicyclic) bond motifs is 8. The Kier molecular flexibility index (Phi) is 6.79. The van der Waals surface area contributed by atoms with Gasteiger partial charge in [-0.05, 0) is 108 Å². The summed E-state index contributed by atoms with van der Waals surface area (Å²) < 4.78 is 14.9. The van der Waals surface area contributed by atoms with Crippen molar-refractivity contribution in [2.45, 2.75) is 0 Å². The van der Waals surface area contributed by atoms with Crippen molar-refractivity contribution in [3.63, 3.8) is 0 Å². The third kappa shape index (κ3) is 4.83. The zero-order valence-electron chi connectivity index (χ0n) is 29.1. The zero-order valence-corrected chi connectivity index (χ0v) is 29.1. The molecule has 0 fully saturated rings. The number of oxazole rings is 1. The van der Waals surface area contributed by atoms with Crippen molar-refractivity contribution < 1.29 is 8.83 Å². The van der Waals surface area contributed by atoms with E-state index in [2.05, 4.69) is 155 Å². The van der Waals surface area contributed by atoms with Gasteiger partial charge in [0.05, 0.1) is 16.4 Å². The Balaban J connectivity index is 1.01. The normalized spacial score (nSPS) is 11.7. The number of benzene rings is 8. The highest BCUT2D eigenvalue weighted by Crippen LogP contribution is 2.41. The van der Waals surface area contributed by atoms with Gasteiger partial charge in [0.2, 0.25) is 5.89 Å².